The lowest BCUT2D eigenvalue weighted by molar-refractivity contribution is -0.282. The number of hydrogen-bond acceptors (Lipinski definition) is 1. The highest BCUT2D eigenvalue weighted by Gasteiger charge is 2.56. The maximum absolute atomic E-state index is 12.3. The van der Waals surface area contributed by atoms with Gasteiger partial charge in [0.2, 0.25) is 0 Å². The van der Waals surface area contributed by atoms with Gasteiger partial charge in [0.15, 0.2) is 0 Å². The van der Waals surface area contributed by atoms with Crippen molar-refractivity contribution in [1.82, 2.24) is 0 Å². The van der Waals surface area contributed by atoms with Crippen LogP contribution >= 0.6 is 11.6 Å². The molecule has 0 spiro atoms. The number of halogens is 6. The zero-order valence-corrected chi connectivity index (χ0v) is 9.19. The molecule has 0 amide bonds. The molecule has 0 aromatic heterocycles. The Morgan fingerprint density at radius 2 is 1.60 bits per heavy atom. The van der Waals surface area contributed by atoms with Crippen LogP contribution in [0.4, 0.5) is 22.0 Å². The Labute approximate surface area is 91.4 Å². The molecule has 0 aliphatic heterocycles. The van der Waals surface area contributed by atoms with Crippen LogP contribution in [0, 0.1) is 0 Å². The molecule has 0 N–H and O–H groups in total. The van der Waals surface area contributed by atoms with Gasteiger partial charge in [-0.3, -0.25) is 4.21 Å². The Balaban J connectivity index is 3.99. The van der Waals surface area contributed by atoms with Crippen molar-refractivity contribution in [2.75, 3.05) is 17.4 Å². The molecule has 92 valence electrons. The van der Waals surface area contributed by atoms with Crippen molar-refractivity contribution in [2.45, 2.75) is 24.9 Å². The van der Waals surface area contributed by atoms with Gasteiger partial charge in [0.05, 0.1) is 0 Å². The first-order chi connectivity index (χ1) is 6.70. The fraction of sp³-hybridized carbons (Fsp3) is 1.00. The molecule has 0 aromatic rings. The summed E-state index contributed by atoms with van der Waals surface area (Å²) >= 11 is 5.25. The Bertz CT molecular complexity index is 218. The maximum Gasteiger partial charge on any atom is 0.453 e. The van der Waals surface area contributed by atoms with Crippen LogP contribution in [0.5, 0.6) is 0 Å². The van der Waals surface area contributed by atoms with Gasteiger partial charge in [0, 0.05) is 34.6 Å². The third kappa shape index (κ3) is 5.65. The Hall–Kier alpha value is 0.0900. The van der Waals surface area contributed by atoms with Crippen molar-refractivity contribution < 1.29 is 26.2 Å². The van der Waals surface area contributed by atoms with Crippen LogP contribution in [-0.2, 0) is 10.8 Å². The van der Waals surface area contributed by atoms with E-state index in [2.05, 4.69) is 0 Å². The van der Waals surface area contributed by atoms with Gasteiger partial charge in [-0.2, -0.15) is 22.0 Å². The Morgan fingerprint density at radius 1 is 1.07 bits per heavy atom. The van der Waals surface area contributed by atoms with Crippen molar-refractivity contribution in [3.63, 3.8) is 0 Å². The first kappa shape index (κ1) is 15.1. The molecular weight excluding hydrogens is 263 g/mol. The van der Waals surface area contributed by atoms with Gasteiger partial charge in [-0.25, -0.2) is 0 Å². The summed E-state index contributed by atoms with van der Waals surface area (Å²) in [4.78, 5) is 0. The van der Waals surface area contributed by atoms with Gasteiger partial charge >= 0.3 is 12.1 Å². The molecule has 15 heavy (non-hydrogen) atoms. The van der Waals surface area contributed by atoms with Crippen LogP contribution in [0.15, 0.2) is 0 Å². The molecule has 0 rings (SSSR count). The molecule has 1 nitrogen and oxygen atoms in total. The van der Waals surface area contributed by atoms with Gasteiger partial charge < -0.3 is 0 Å². The van der Waals surface area contributed by atoms with E-state index in [0.717, 1.165) is 0 Å². The second-order valence-electron chi connectivity index (χ2n) is 2.84. The first-order valence-electron chi connectivity index (χ1n) is 4.06. The number of alkyl halides is 6. The van der Waals surface area contributed by atoms with E-state index in [0.29, 0.717) is 6.42 Å². The fourth-order valence-electron chi connectivity index (χ4n) is 0.701. The summed E-state index contributed by atoms with van der Waals surface area (Å²) in [6.07, 6.45) is -6.67. The van der Waals surface area contributed by atoms with E-state index in [1.54, 1.807) is 0 Å². The molecule has 0 fully saturated rings. The molecule has 8 heteroatoms. The van der Waals surface area contributed by atoms with E-state index < -0.39 is 35.1 Å². The monoisotopic (exact) mass is 272 g/mol. The Morgan fingerprint density at radius 3 is 2.00 bits per heavy atom. The summed E-state index contributed by atoms with van der Waals surface area (Å²) < 4.78 is 70.6. The predicted octanol–water partition coefficient (Wildman–Crippen LogP) is 2.95. The van der Waals surface area contributed by atoms with E-state index >= 15 is 0 Å². The zero-order chi connectivity index (χ0) is 12.1. The number of rotatable bonds is 6. The smallest absolute Gasteiger partial charge is 0.260 e. The second-order valence-corrected chi connectivity index (χ2v) is 4.92. The quantitative estimate of drug-likeness (QED) is 0.537. The van der Waals surface area contributed by atoms with E-state index in [1.807, 2.05) is 0 Å². The molecule has 0 aromatic carbocycles. The predicted molar refractivity (Wildman–Crippen MR) is 48.8 cm³/mol. The molecule has 1 atom stereocenters. The summed E-state index contributed by atoms with van der Waals surface area (Å²) in [6.45, 7) is 0. The third-order valence-corrected chi connectivity index (χ3v) is 3.23. The lowest BCUT2D eigenvalue weighted by Gasteiger charge is -2.18. The van der Waals surface area contributed by atoms with E-state index in [4.69, 9.17) is 11.6 Å². The van der Waals surface area contributed by atoms with Gasteiger partial charge in [-0.1, -0.05) is 0 Å². The highest BCUT2D eigenvalue weighted by molar-refractivity contribution is 7.84. The normalized spacial score (nSPS) is 15.3. The molecule has 0 bridgehead atoms. The van der Waals surface area contributed by atoms with Crippen molar-refractivity contribution >= 4 is 22.4 Å². The summed E-state index contributed by atoms with van der Waals surface area (Å²) in [5.74, 6) is -5.16. The van der Waals surface area contributed by atoms with Crippen LogP contribution in [-0.4, -0.2) is 33.7 Å². The number of hydrogen-bond donors (Lipinski definition) is 0. The van der Waals surface area contributed by atoms with Crippen LogP contribution in [0.1, 0.15) is 12.8 Å². The highest BCUT2D eigenvalue weighted by atomic mass is 35.5. The van der Waals surface area contributed by atoms with Gasteiger partial charge in [-0.05, 0) is 6.42 Å². The zero-order valence-electron chi connectivity index (χ0n) is 7.62. The van der Waals surface area contributed by atoms with E-state index in [1.165, 1.54) is 0 Å². The first-order valence-corrected chi connectivity index (χ1v) is 6.08. The lowest BCUT2D eigenvalue weighted by atomic mass is 10.2. The molecule has 0 aliphatic rings. The van der Waals surface area contributed by atoms with Gasteiger partial charge in [-0.15, -0.1) is 11.6 Å². The van der Waals surface area contributed by atoms with Crippen LogP contribution < -0.4 is 0 Å². The highest BCUT2D eigenvalue weighted by Crippen LogP contribution is 2.37. The Kier molecular flexibility index (Phi) is 6.02. The minimum Gasteiger partial charge on any atom is -0.260 e. The molecule has 0 heterocycles. The second kappa shape index (κ2) is 5.98. The van der Waals surface area contributed by atoms with Crippen molar-refractivity contribution in [3.05, 3.63) is 0 Å². The van der Waals surface area contributed by atoms with Crippen molar-refractivity contribution in [2.24, 2.45) is 0 Å². The van der Waals surface area contributed by atoms with E-state index in [9.17, 15) is 26.2 Å². The van der Waals surface area contributed by atoms with Crippen LogP contribution in [0.25, 0.3) is 0 Å². The summed E-state index contributed by atoms with van der Waals surface area (Å²) in [7, 11) is -1.67. The average Bonchev–Trinajstić information content (AvgIpc) is 2.09. The van der Waals surface area contributed by atoms with Crippen LogP contribution in [0.3, 0.4) is 0 Å². The summed E-state index contributed by atoms with van der Waals surface area (Å²) in [6, 6.07) is 0. The third-order valence-electron chi connectivity index (χ3n) is 1.56. The minimum atomic E-state index is -5.57. The molecule has 0 radical (unpaired) electrons. The molecule has 0 saturated heterocycles. The molecule has 0 aliphatic carbocycles. The van der Waals surface area contributed by atoms with Crippen molar-refractivity contribution in [1.29, 1.82) is 0 Å². The van der Waals surface area contributed by atoms with Crippen LogP contribution in [0.2, 0.25) is 0 Å². The SMILES string of the molecule is O=[S@](CCCCl)CCC(F)(F)C(F)(F)F. The van der Waals surface area contributed by atoms with E-state index in [-0.39, 0.29) is 11.6 Å². The fourth-order valence-corrected chi connectivity index (χ4v) is 2.15. The summed E-state index contributed by atoms with van der Waals surface area (Å²) in [5.41, 5.74) is 0. The molecular formula is C7H10ClF5OS. The maximum atomic E-state index is 12.3. The minimum absolute atomic E-state index is 0.0530. The largest absolute Gasteiger partial charge is 0.453 e. The standard InChI is InChI=1S/C7H10ClF5OS/c8-3-1-4-15(14)5-2-6(9,10)7(11,12)13/h1-5H2/t15-/m1/s1. The summed E-state index contributed by atoms with van der Waals surface area (Å²) in [5, 5.41) is 0. The van der Waals surface area contributed by atoms with Crippen molar-refractivity contribution in [3.8, 4) is 0 Å². The topological polar surface area (TPSA) is 17.1 Å². The molecule has 0 saturated carbocycles. The average molecular weight is 273 g/mol. The van der Waals surface area contributed by atoms with Gasteiger partial charge in [0.1, 0.15) is 0 Å². The lowest BCUT2D eigenvalue weighted by Crippen LogP contribution is -2.37. The molecule has 0 unspecified atom stereocenters. The van der Waals surface area contributed by atoms with Gasteiger partial charge in [0.25, 0.3) is 0 Å².